The Morgan fingerprint density at radius 1 is 0.588 bits per heavy atom. The van der Waals surface area contributed by atoms with Crippen LogP contribution in [-0.4, -0.2) is 19.1 Å². The molecule has 4 aromatic heterocycles. The Kier molecular flexibility index (Phi) is 4.11. The van der Waals surface area contributed by atoms with Crippen LogP contribution in [0.15, 0.2) is 122 Å². The van der Waals surface area contributed by atoms with E-state index in [0.29, 0.717) is 0 Å². The number of hydrogen-bond acceptors (Lipinski definition) is 2. The standard InChI is InChI=1S/C30H20N4/c1-2-6-24(7-3-1)34-27-9-5-4-8-25(27)26-18-22-14-17-33(28(22)19-29(26)34)30-11-10-23(20-32-30)21-12-15-31-16-13-21/h1-20H. The zero-order valence-electron chi connectivity index (χ0n) is 18.3. The van der Waals surface area contributed by atoms with Crippen LogP contribution in [0.2, 0.25) is 0 Å². The predicted octanol–water partition coefficient (Wildman–Crippen LogP) is 7.18. The SMILES string of the molecule is c1ccc(-n2c3ccccc3c3cc4ccn(-c5ccc(-c6ccncc6)cn5)c4cc32)cc1. The van der Waals surface area contributed by atoms with Crippen LogP contribution in [-0.2, 0) is 0 Å². The average Bonchev–Trinajstić information content (AvgIpc) is 3.47. The number of aromatic nitrogens is 4. The number of pyridine rings is 2. The maximum Gasteiger partial charge on any atom is 0.137 e. The Bertz CT molecular complexity index is 1780. The fourth-order valence-electron chi connectivity index (χ4n) is 4.90. The molecule has 160 valence electrons. The molecule has 0 fully saturated rings. The van der Waals surface area contributed by atoms with Gasteiger partial charge >= 0.3 is 0 Å². The molecule has 0 aliphatic heterocycles. The molecule has 4 heteroatoms. The van der Waals surface area contributed by atoms with Crippen molar-refractivity contribution in [3.05, 3.63) is 122 Å². The summed E-state index contributed by atoms with van der Waals surface area (Å²) in [5.74, 6) is 0.898. The van der Waals surface area contributed by atoms with Gasteiger partial charge in [0.25, 0.3) is 0 Å². The van der Waals surface area contributed by atoms with Gasteiger partial charge in [0.2, 0.25) is 0 Å². The molecule has 4 heterocycles. The molecule has 0 N–H and O–H groups in total. The second kappa shape index (κ2) is 7.42. The maximum atomic E-state index is 4.79. The molecule has 3 aromatic carbocycles. The lowest BCUT2D eigenvalue weighted by Gasteiger charge is -2.09. The molecule has 0 amide bonds. The minimum Gasteiger partial charge on any atom is -0.309 e. The molecule has 4 nitrogen and oxygen atoms in total. The summed E-state index contributed by atoms with van der Waals surface area (Å²) in [4.78, 5) is 8.89. The van der Waals surface area contributed by atoms with E-state index in [0.717, 1.165) is 28.1 Å². The van der Waals surface area contributed by atoms with Gasteiger partial charge in [-0.15, -0.1) is 0 Å². The van der Waals surface area contributed by atoms with Crippen molar-refractivity contribution in [2.24, 2.45) is 0 Å². The first-order valence-corrected chi connectivity index (χ1v) is 11.3. The van der Waals surface area contributed by atoms with Gasteiger partial charge in [0, 0.05) is 52.2 Å². The number of hydrogen-bond donors (Lipinski definition) is 0. The molecule has 7 aromatic rings. The summed E-state index contributed by atoms with van der Waals surface area (Å²) in [6.45, 7) is 0. The highest BCUT2D eigenvalue weighted by atomic mass is 15.1. The van der Waals surface area contributed by atoms with E-state index < -0.39 is 0 Å². The fraction of sp³-hybridized carbons (Fsp3) is 0. The minimum absolute atomic E-state index is 0.898. The molecule has 0 spiro atoms. The van der Waals surface area contributed by atoms with Crippen LogP contribution in [0.4, 0.5) is 0 Å². The van der Waals surface area contributed by atoms with Gasteiger partial charge in [-0.1, -0.05) is 36.4 Å². The van der Waals surface area contributed by atoms with Crippen molar-refractivity contribution in [3.63, 3.8) is 0 Å². The van der Waals surface area contributed by atoms with Crippen LogP contribution in [0.25, 0.3) is 55.3 Å². The summed E-state index contributed by atoms with van der Waals surface area (Å²) in [6, 6.07) is 34.1. The maximum absolute atomic E-state index is 4.79. The second-order valence-corrected chi connectivity index (χ2v) is 8.44. The van der Waals surface area contributed by atoms with Crippen LogP contribution in [0.1, 0.15) is 0 Å². The molecular weight excluding hydrogens is 416 g/mol. The lowest BCUT2D eigenvalue weighted by Crippen LogP contribution is -1.97. The molecule has 34 heavy (non-hydrogen) atoms. The number of fused-ring (bicyclic) bond motifs is 4. The summed E-state index contributed by atoms with van der Waals surface area (Å²) in [5, 5.41) is 3.71. The largest absolute Gasteiger partial charge is 0.309 e. The minimum atomic E-state index is 0.898. The summed E-state index contributed by atoms with van der Waals surface area (Å²) >= 11 is 0. The first-order chi connectivity index (χ1) is 16.9. The highest BCUT2D eigenvalue weighted by molar-refractivity contribution is 6.13. The van der Waals surface area contributed by atoms with E-state index >= 15 is 0 Å². The predicted molar refractivity (Wildman–Crippen MR) is 139 cm³/mol. The Balaban J connectivity index is 1.44. The van der Waals surface area contributed by atoms with Crippen LogP contribution >= 0.6 is 0 Å². The van der Waals surface area contributed by atoms with Crippen molar-refractivity contribution in [1.29, 1.82) is 0 Å². The molecule has 7 rings (SSSR count). The van der Waals surface area contributed by atoms with Gasteiger partial charge in [-0.2, -0.15) is 0 Å². The van der Waals surface area contributed by atoms with Crippen molar-refractivity contribution in [1.82, 2.24) is 19.1 Å². The van der Waals surface area contributed by atoms with Crippen molar-refractivity contribution in [2.45, 2.75) is 0 Å². The van der Waals surface area contributed by atoms with E-state index in [2.05, 4.69) is 105 Å². The molecule has 0 unspecified atom stereocenters. The first-order valence-electron chi connectivity index (χ1n) is 11.3. The van der Waals surface area contributed by atoms with E-state index in [1.807, 2.05) is 18.3 Å². The molecule has 0 aliphatic rings. The topological polar surface area (TPSA) is 35.6 Å². The third kappa shape index (κ3) is 2.86. The van der Waals surface area contributed by atoms with Gasteiger partial charge in [-0.05, 0) is 66.2 Å². The Hall–Kier alpha value is -4.70. The highest BCUT2D eigenvalue weighted by Gasteiger charge is 2.15. The van der Waals surface area contributed by atoms with Crippen LogP contribution in [0, 0.1) is 0 Å². The summed E-state index contributed by atoms with van der Waals surface area (Å²) in [7, 11) is 0. The number of nitrogens with zero attached hydrogens (tertiary/aromatic N) is 4. The van der Waals surface area contributed by atoms with E-state index in [1.54, 1.807) is 12.4 Å². The van der Waals surface area contributed by atoms with Gasteiger partial charge < -0.3 is 9.13 Å². The second-order valence-electron chi connectivity index (χ2n) is 8.44. The van der Waals surface area contributed by atoms with Crippen molar-refractivity contribution >= 4 is 32.7 Å². The van der Waals surface area contributed by atoms with E-state index in [1.165, 1.54) is 27.2 Å². The lowest BCUT2D eigenvalue weighted by molar-refractivity contribution is 1.04. The lowest BCUT2D eigenvalue weighted by atomic mass is 10.1. The molecule has 0 aliphatic carbocycles. The molecule has 0 bridgehead atoms. The smallest absolute Gasteiger partial charge is 0.137 e. The van der Waals surface area contributed by atoms with E-state index in [-0.39, 0.29) is 0 Å². The van der Waals surface area contributed by atoms with Gasteiger partial charge in [0.15, 0.2) is 0 Å². The van der Waals surface area contributed by atoms with E-state index in [9.17, 15) is 0 Å². The van der Waals surface area contributed by atoms with Crippen LogP contribution < -0.4 is 0 Å². The molecular formula is C30H20N4. The molecule has 0 radical (unpaired) electrons. The summed E-state index contributed by atoms with van der Waals surface area (Å²) < 4.78 is 4.51. The first kappa shape index (κ1) is 18.8. The third-order valence-electron chi connectivity index (χ3n) is 6.51. The fourth-order valence-corrected chi connectivity index (χ4v) is 4.90. The Morgan fingerprint density at radius 3 is 2.24 bits per heavy atom. The normalized spacial score (nSPS) is 11.5. The quantitative estimate of drug-likeness (QED) is 0.294. The average molecular weight is 437 g/mol. The van der Waals surface area contributed by atoms with Gasteiger partial charge in [0.1, 0.15) is 5.82 Å². The molecule has 0 saturated carbocycles. The Morgan fingerprint density at radius 2 is 1.41 bits per heavy atom. The molecule has 0 atom stereocenters. The number of rotatable bonds is 3. The van der Waals surface area contributed by atoms with E-state index in [4.69, 9.17) is 4.98 Å². The third-order valence-corrected chi connectivity index (χ3v) is 6.51. The van der Waals surface area contributed by atoms with Gasteiger partial charge in [-0.25, -0.2) is 4.98 Å². The Labute approximate surface area is 196 Å². The van der Waals surface area contributed by atoms with Gasteiger partial charge in [0.05, 0.1) is 16.6 Å². The van der Waals surface area contributed by atoms with Crippen LogP contribution in [0.5, 0.6) is 0 Å². The zero-order valence-corrected chi connectivity index (χ0v) is 18.3. The van der Waals surface area contributed by atoms with Gasteiger partial charge in [-0.3, -0.25) is 4.98 Å². The van der Waals surface area contributed by atoms with Crippen molar-refractivity contribution < 1.29 is 0 Å². The summed E-state index contributed by atoms with van der Waals surface area (Å²) in [5.41, 5.74) is 6.88. The summed E-state index contributed by atoms with van der Waals surface area (Å²) in [6.07, 6.45) is 7.64. The monoisotopic (exact) mass is 436 g/mol. The van der Waals surface area contributed by atoms with Crippen molar-refractivity contribution in [3.8, 4) is 22.6 Å². The number of benzene rings is 3. The highest BCUT2D eigenvalue weighted by Crippen LogP contribution is 2.35. The van der Waals surface area contributed by atoms with Crippen molar-refractivity contribution in [2.75, 3.05) is 0 Å². The number of para-hydroxylation sites is 2. The molecule has 0 saturated heterocycles. The zero-order chi connectivity index (χ0) is 22.5. The van der Waals surface area contributed by atoms with Crippen LogP contribution in [0.3, 0.4) is 0 Å².